The number of aromatic nitrogens is 3. The van der Waals surface area contributed by atoms with Gasteiger partial charge in [0, 0.05) is 38.3 Å². The molecule has 0 spiro atoms. The summed E-state index contributed by atoms with van der Waals surface area (Å²) < 4.78 is 0. The van der Waals surface area contributed by atoms with Crippen LogP contribution in [0.25, 0.3) is 11.0 Å². The largest absolute Gasteiger partial charge is 0.339 e. The van der Waals surface area contributed by atoms with Crippen LogP contribution in [0.4, 0.5) is 5.95 Å². The number of fused-ring (bicyclic) bond motifs is 1. The lowest BCUT2D eigenvalue weighted by Crippen LogP contribution is -2.49. The molecule has 3 heterocycles. The minimum Gasteiger partial charge on any atom is -0.339 e. The smallest absolute Gasteiger partial charge is 0.266 e. The van der Waals surface area contributed by atoms with Crippen LogP contribution in [0.5, 0.6) is 0 Å². The number of hydrogen-bond acceptors (Lipinski definition) is 5. The molecule has 2 N–H and O–H groups in total. The van der Waals surface area contributed by atoms with Gasteiger partial charge in [0.05, 0.1) is 11.0 Å². The summed E-state index contributed by atoms with van der Waals surface area (Å²) in [7, 11) is 0. The van der Waals surface area contributed by atoms with Gasteiger partial charge in [0.15, 0.2) is 0 Å². The van der Waals surface area contributed by atoms with E-state index in [1.54, 1.807) is 6.92 Å². The average molecular weight is 404 g/mol. The van der Waals surface area contributed by atoms with Crippen LogP contribution in [0.1, 0.15) is 28.8 Å². The fourth-order valence-electron chi connectivity index (χ4n) is 4.07. The molecule has 8 nitrogen and oxygen atoms in total. The van der Waals surface area contributed by atoms with Gasteiger partial charge in [-0.1, -0.05) is 12.1 Å². The summed E-state index contributed by atoms with van der Waals surface area (Å²) in [6, 6.07) is 9.89. The van der Waals surface area contributed by atoms with Gasteiger partial charge in [-0.05, 0) is 43.5 Å². The number of H-pyrrole nitrogens is 2. The first-order valence-corrected chi connectivity index (χ1v) is 10.1. The Hall–Kier alpha value is -3.60. The SMILES string of the molecule is Cc1[nH]c(=O)c(C#N)c(C)c1CCC(=O)N1CCN(c2nc3ccccc3[nH]2)CC1. The quantitative estimate of drug-likeness (QED) is 0.691. The van der Waals surface area contributed by atoms with E-state index in [1.165, 1.54) is 0 Å². The molecule has 0 saturated carbocycles. The van der Waals surface area contributed by atoms with E-state index in [1.807, 2.05) is 42.2 Å². The number of imidazole rings is 1. The summed E-state index contributed by atoms with van der Waals surface area (Å²) in [4.78, 5) is 39.4. The third-order valence-electron chi connectivity index (χ3n) is 5.82. The number of amides is 1. The zero-order valence-electron chi connectivity index (χ0n) is 17.2. The van der Waals surface area contributed by atoms with Crippen LogP contribution in [0.3, 0.4) is 0 Å². The normalized spacial score (nSPS) is 14.2. The van der Waals surface area contributed by atoms with Crippen molar-refractivity contribution >= 4 is 22.9 Å². The Balaban J connectivity index is 1.37. The van der Waals surface area contributed by atoms with Crippen molar-refractivity contribution in [1.29, 1.82) is 5.26 Å². The fraction of sp³-hybridized carbons (Fsp3) is 0.364. The molecule has 1 saturated heterocycles. The van der Waals surface area contributed by atoms with Crippen molar-refractivity contribution in [3.8, 4) is 6.07 Å². The van der Waals surface area contributed by atoms with E-state index in [2.05, 4.69) is 19.9 Å². The molecular weight excluding hydrogens is 380 g/mol. The van der Waals surface area contributed by atoms with Gasteiger partial charge in [-0.2, -0.15) is 5.26 Å². The highest BCUT2D eigenvalue weighted by molar-refractivity contribution is 5.78. The van der Waals surface area contributed by atoms with Gasteiger partial charge in [0.25, 0.3) is 5.56 Å². The number of piperazine rings is 1. The maximum Gasteiger partial charge on any atom is 0.266 e. The molecule has 1 amide bonds. The minimum atomic E-state index is -0.371. The maximum absolute atomic E-state index is 12.7. The summed E-state index contributed by atoms with van der Waals surface area (Å²) in [5, 5.41) is 9.20. The second-order valence-electron chi connectivity index (χ2n) is 7.61. The number of carbonyl (C=O) groups is 1. The van der Waals surface area contributed by atoms with Crippen molar-refractivity contribution in [3.05, 3.63) is 57.0 Å². The monoisotopic (exact) mass is 404 g/mol. The highest BCUT2D eigenvalue weighted by Crippen LogP contribution is 2.19. The first kappa shape index (κ1) is 19.7. The highest BCUT2D eigenvalue weighted by Gasteiger charge is 2.23. The first-order valence-electron chi connectivity index (χ1n) is 10.1. The number of rotatable bonds is 4. The molecule has 0 atom stereocenters. The van der Waals surface area contributed by atoms with E-state index >= 15 is 0 Å². The maximum atomic E-state index is 12.7. The summed E-state index contributed by atoms with van der Waals surface area (Å²) in [5.74, 6) is 0.926. The number of nitriles is 1. The fourth-order valence-corrected chi connectivity index (χ4v) is 4.07. The number of para-hydroxylation sites is 2. The predicted octanol–water partition coefficient (Wildman–Crippen LogP) is 2.02. The van der Waals surface area contributed by atoms with Crippen molar-refractivity contribution in [2.24, 2.45) is 0 Å². The van der Waals surface area contributed by atoms with Crippen molar-refractivity contribution in [3.63, 3.8) is 0 Å². The number of carbonyl (C=O) groups excluding carboxylic acids is 1. The number of hydrogen-bond donors (Lipinski definition) is 2. The van der Waals surface area contributed by atoms with Crippen molar-refractivity contribution in [2.75, 3.05) is 31.1 Å². The summed E-state index contributed by atoms with van der Waals surface area (Å²) in [5.41, 5.74) is 3.97. The number of benzene rings is 1. The molecular formula is C22H24N6O2. The minimum absolute atomic E-state index is 0.0859. The Morgan fingerprint density at radius 1 is 1.17 bits per heavy atom. The predicted molar refractivity (Wildman–Crippen MR) is 114 cm³/mol. The van der Waals surface area contributed by atoms with Crippen LogP contribution in [-0.4, -0.2) is 51.9 Å². The number of pyridine rings is 1. The standard InChI is InChI=1S/C22H24N6O2/c1-14-16(15(2)24-21(30)17(14)13-23)7-8-20(29)27-9-11-28(12-10-27)22-25-18-5-3-4-6-19(18)26-22/h3-6H,7-12H2,1-2H3,(H,24,30)(H,25,26). The summed E-state index contributed by atoms with van der Waals surface area (Å²) in [6.07, 6.45) is 0.856. The molecule has 30 heavy (non-hydrogen) atoms. The molecule has 1 aliphatic rings. The molecule has 0 radical (unpaired) electrons. The zero-order valence-corrected chi connectivity index (χ0v) is 17.2. The van der Waals surface area contributed by atoms with Gasteiger partial charge in [0.2, 0.25) is 11.9 Å². The van der Waals surface area contributed by atoms with E-state index in [0.717, 1.165) is 41.3 Å². The third-order valence-corrected chi connectivity index (χ3v) is 5.82. The molecule has 1 aromatic carbocycles. The van der Waals surface area contributed by atoms with E-state index < -0.39 is 0 Å². The molecule has 8 heteroatoms. The molecule has 1 fully saturated rings. The molecule has 0 aliphatic carbocycles. The molecule has 4 rings (SSSR count). The van der Waals surface area contributed by atoms with Crippen LogP contribution in [-0.2, 0) is 11.2 Å². The Morgan fingerprint density at radius 2 is 1.90 bits per heavy atom. The van der Waals surface area contributed by atoms with Gasteiger partial charge in [0.1, 0.15) is 11.6 Å². The second kappa shape index (κ2) is 8.03. The van der Waals surface area contributed by atoms with E-state index in [4.69, 9.17) is 0 Å². The van der Waals surface area contributed by atoms with Crippen LogP contribution in [0.2, 0.25) is 0 Å². The molecule has 2 aromatic heterocycles. The Kier molecular flexibility index (Phi) is 5.27. The van der Waals surface area contributed by atoms with E-state index in [-0.39, 0.29) is 17.0 Å². The van der Waals surface area contributed by atoms with Gasteiger partial charge < -0.3 is 19.8 Å². The zero-order chi connectivity index (χ0) is 21.3. The number of anilines is 1. The molecule has 3 aromatic rings. The lowest BCUT2D eigenvalue weighted by Gasteiger charge is -2.34. The lowest BCUT2D eigenvalue weighted by atomic mass is 9.99. The number of aryl methyl sites for hydroxylation is 1. The first-order chi connectivity index (χ1) is 14.5. The highest BCUT2D eigenvalue weighted by atomic mass is 16.2. The molecule has 154 valence electrons. The van der Waals surface area contributed by atoms with Crippen LogP contribution in [0.15, 0.2) is 29.1 Å². The van der Waals surface area contributed by atoms with Crippen molar-refractivity contribution < 1.29 is 4.79 Å². The summed E-state index contributed by atoms with van der Waals surface area (Å²) >= 11 is 0. The van der Waals surface area contributed by atoms with Crippen molar-refractivity contribution in [2.45, 2.75) is 26.7 Å². The van der Waals surface area contributed by atoms with Crippen LogP contribution >= 0.6 is 0 Å². The van der Waals surface area contributed by atoms with E-state index in [0.29, 0.717) is 31.5 Å². The lowest BCUT2D eigenvalue weighted by molar-refractivity contribution is -0.131. The summed E-state index contributed by atoms with van der Waals surface area (Å²) in [6.45, 7) is 6.31. The number of nitrogens with one attached hydrogen (secondary N) is 2. The number of nitrogens with zero attached hydrogens (tertiary/aromatic N) is 4. The van der Waals surface area contributed by atoms with Gasteiger partial charge in [-0.3, -0.25) is 9.59 Å². The number of aromatic amines is 2. The molecule has 1 aliphatic heterocycles. The second-order valence-corrected chi connectivity index (χ2v) is 7.61. The van der Waals surface area contributed by atoms with Gasteiger partial charge >= 0.3 is 0 Å². The Bertz CT molecular complexity index is 1160. The van der Waals surface area contributed by atoms with Crippen LogP contribution in [0, 0.1) is 25.2 Å². The van der Waals surface area contributed by atoms with Gasteiger partial charge in [-0.15, -0.1) is 0 Å². The van der Waals surface area contributed by atoms with Gasteiger partial charge in [-0.25, -0.2) is 4.98 Å². The molecule has 0 unspecified atom stereocenters. The van der Waals surface area contributed by atoms with Crippen molar-refractivity contribution in [1.82, 2.24) is 19.9 Å². The average Bonchev–Trinajstić information content (AvgIpc) is 3.18. The Morgan fingerprint density at radius 3 is 2.60 bits per heavy atom. The van der Waals surface area contributed by atoms with Crippen LogP contribution < -0.4 is 10.5 Å². The molecule has 0 bridgehead atoms. The third kappa shape index (κ3) is 3.66. The Labute approximate surface area is 174 Å². The van der Waals surface area contributed by atoms with E-state index in [9.17, 15) is 14.9 Å². The topological polar surface area (TPSA) is 109 Å².